The number of sulfonamides is 1. The summed E-state index contributed by atoms with van der Waals surface area (Å²) in [5, 5.41) is 2.99. The highest BCUT2D eigenvalue weighted by Crippen LogP contribution is 2.42. The lowest BCUT2D eigenvalue weighted by molar-refractivity contribution is -0.140. The predicted molar refractivity (Wildman–Crippen MR) is 129 cm³/mol. The van der Waals surface area contributed by atoms with Crippen LogP contribution >= 0.6 is 0 Å². The fourth-order valence-electron chi connectivity index (χ4n) is 6.21. The van der Waals surface area contributed by atoms with Crippen molar-refractivity contribution >= 4 is 33.3 Å². The van der Waals surface area contributed by atoms with Crippen LogP contribution in [0.25, 0.3) is 0 Å². The molecule has 0 unspecified atom stereocenters. The van der Waals surface area contributed by atoms with Gasteiger partial charge in [-0.1, -0.05) is 26.7 Å². The number of hydrogen-bond acceptors (Lipinski definition) is 6. The van der Waals surface area contributed by atoms with Crippen LogP contribution in [-0.4, -0.2) is 74.6 Å². The van der Waals surface area contributed by atoms with Gasteiger partial charge in [-0.2, -0.15) is 0 Å². The highest BCUT2D eigenvalue weighted by Gasteiger charge is 2.54. The van der Waals surface area contributed by atoms with Gasteiger partial charge in [0.25, 0.3) is 5.91 Å². The van der Waals surface area contributed by atoms with E-state index in [0.717, 1.165) is 25.7 Å². The van der Waals surface area contributed by atoms with Gasteiger partial charge in [0.1, 0.15) is 18.7 Å². The summed E-state index contributed by atoms with van der Waals surface area (Å²) in [6.45, 7) is 4.91. The second-order valence-corrected chi connectivity index (χ2v) is 12.7. The van der Waals surface area contributed by atoms with Gasteiger partial charge < -0.3 is 15.0 Å². The Morgan fingerprint density at radius 3 is 2.46 bits per heavy atom. The molecule has 1 saturated carbocycles. The Hall–Kier alpha value is -2.46. The van der Waals surface area contributed by atoms with E-state index < -0.39 is 27.5 Å². The van der Waals surface area contributed by atoms with Crippen LogP contribution in [0.3, 0.4) is 0 Å². The summed E-state index contributed by atoms with van der Waals surface area (Å²) in [6.07, 6.45) is 3.90. The third kappa shape index (κ3) is 4.24. The summed E-state index contributed by atoms with van der Waals surface area (Å²) < 4.78 is 31.4. The molecule has 1 aromatic carbocycles. The summed E-state index contributed by atoms with van der Waals surface area (Å²) in [5.41, 5.74) is 0.490. The molecule has 1 N–H and O–H groups in total. The summed E-state index contributed by atoms with van der Waals surface area (Å²) in [5.74, 6) is -0.507. The number of ketones is 1. The molecule has 0 spiro atoms. The Kier molecular flexibility index (Phi) is 6.15. The average Bonchev–Trinajstić information content (AvgIpc) is 3.59. The van der Waals surface area contributed by atoms with Crippen molar-refractivity contribution < 1.29 is 27.5 Å². The fourth-order valence-corrected chi connectivity index (χ4v) is 7.78. The molecule has 190 valence electrons. The van der Waals surface area contributed by atoms with Gasteiger partial charge in [0, 0.05) is 24.6 Å². The zero-order valence-corrected chi connectivity index (χ0v) is 21.1. The smallest absolute Gasteiger partial charge is 0.251 e. The van der Waals surface area contributed by atoms with Crippen LogP contribution in [0.5, 0.6) is 0 Å². The molecule has 2 amide bonds. The van der Waals surface area contributed by atoms with Crippen LogP contribution < -0.4 is 9.62 Å². The predicted octanol–water partition coefficient (Wildman–Crippen LogP) is 1.72. The van der Waals surface area contributed by atoms with Crippen molar-refractivity contribution in [2.45, 2.75) is 64.1 Å². The van der Waals surface area contributed by atoms with E-state index in [-0.39, 0.29) is 42.0 Å². The Morgan fingerprint density at radius 2 is 1.83 bits per heavy atom. The normalized spacial score (nSPS) is 29.9. The molecule has 1 aliphatic carbocycles. The number of hydrogen-bond donors (Lipinski definition) is 1. The Morgan fingerprint density at radius 1 is 1.14 bits per heavy atom. The molecule has 4 fully saturated rings. The van der Waals surface area contributed by atoms with E-state index in [1.807, 2.05) is 13.8 Å². The number of carbonyl (C=O) groups excluding carboxylic acids is 3. The minimum absolute atomic E-state index is 0.0246. The molecule has 1 aromatic rings. The second-order valence-electron chi connectivity index (χ2n) is 10.7. The molecule has 10 heteroatoms. The topological polar surface area (TPSA) is 113 Å². The molecular weight excluding hydrogens is 470 g/mol. The number of anilines is 1. The van der Waals surface area contributed by atoms with Crippen molar-refractivity contribution in [3.8, 4) is 0 Å². The van der Waals surface area contributed by atoms with Gasteiger partial charge in [0.05, 0.1) is 17.5 Å². The number of benzene rings is 1. The number of nitrogens with zero attached hydrogens (tertiary/aromatic N) is 2. The SMILES string of the molecule is C[C@@H]1CN(C(=O)[C@@H](NC(=O)c2ccc(N3CCCS3(=O)=O)cc2)C2(C)CCCC2)[C@@H]2C(=O)CO[C@H]12. The number of fused-ring (bicyclic) bond motifs is 1. The number of nitrogens with one attached hydrogen (secondary N) is 1. The maximum atomic E-state index is 13.9. The first-order valence-corrected chi connectivity index (χ1v) is 14.1. The van der Waals surface area contributed by atoms with E-state index in [0.29, 0.717) is 30.8 Å². The van der Waals surface area contributed by atoms with E-state index in [1.165, 1.54) is 4.31 Å². The van der Waals surface area contributed by atoms with Crippen LogP contribution in [-0.2, 0) is 24.3 Å². The summed E-state index contributed by atoms with van der Waals surface area (Å²) in [4.78, 5) is 41.3. The maximum Gasteiger partial charge on any atom is 0.251 e. The molecule has 35 heavy (non-hydrogen) atoms. The van der Waals surface area contributed by atoms with Crippen molar-refractivity contribution in [2.75, 3.05) is 29.8 Å². The minimum atomic E-state index is -3.30. The van der Waals surface area contributed by atoms with E-state index in [1.54, 1.807) is 29.2 Å². The van der Waals surface area contributed by atoms with Gasteiger partial charge in [-0.3, -0.25) is 18.7 Å². The number of rotatable bonds is 5. The Balaban J connectivity index is 1.37. The molecule has 9 nitrogen and oxygen atoms in total. The molecule has 4 atom stereocenters. The quantitative estimate of drug-likeness (QED) is 0.655. The molecule has 4 aliphatic rings. The number of amides is 2. The van der Waals surface area contributed by atoms with Crippen LogP contribution in [0.4, 0.5) is 5.69 Å². The minimum Gasteiger partial charge on any atom is -0.367 e. The standard InChI is InChI=1S/C25H33N3O6S/c1-16-14-27(20-19(29)15-34-21(16)20)24(31)22(25(2)10-3-4-11-25)26-23(30)17-6-8-18(9-7-17)28-12-5-13-35(28,32)33/h6-9,16,20-22H,3-5,10-15H2,1-2H3,(H,26,30)/t16-,20-,21-,22-/m1/s1. The van der Waals surface area contributed by atoms with Gasteiger partial charge in [-0.15, -0.1) is 0 Å². The fraction of sp³-hybridized carbons (Fsp3) is 0.640. The lowest BCUT2D eigenvalue weighted by Crippen LogP contribution is -2.57. The van der Waals surface area contributed by atoms with Crippen LogP contribution in [0, 0.1) is 11.3 Å². The summed E-state index contributed by atoms with van der Waals surface area (Å²) in [7, 11) is -3.30. The first kappa shape index (κ1) is 24.2. The first-order valence-electron chi connectivity index (χ1n) is 12.5. The van der Waals surface area contributed by atoms with E-state index in [4.69, 9.17) is 4.74 Å². The number of carbonyl (C=O) groups is 3. The lowest BCUT2D eigenvalue weighted by atomic mass is 9.79. The number of likely N-dealkylation sites (tertiary alicyclic amines) is 1. The maximum absolute atomic E-state index is 13.9. The first-order chi connectivity index (χ1) is 16.6. The van der Waals surface area contributed by atoms with E-state index in [2.05, 4.69) is 5.32 Å². The van der Waals surface area contributed by atoms with Gasteiger partial charge in [0.2, 0.25) is 15.9 Å². The third-order valence-electron chi connectivity index (χ3n) is 8.21. The van der Waals surface area contributed by atoms with Crippen molar-refractivity contribution in [3.05, 3.63) is 29.8 Å². The molecule has 0 radical (unpaired) electrons. The van der Waals surface area contributed by atoms with Gasteiger partial charge >= 0.3 is 0 Å². The monoisotopic (exact) mass is 503 g/mol. The average molecular weight is 504 g/mol. The molecule has 0 aromatic heterocycles. The molecule has 3 heterocycles. The zero-order chi connectivity index (χ0) is 25.0. The van der Waals surface area contributed by atoms with Gasteiger partial charge in [-0.25, -0.2) is 8.42 Å². The molecule has 3 saturated heterocycles. The van der Waals surface area contributed by atoms with Crippen molar-refractivity contribution in [1.82, 2.24) is 10.2 Å². The molecule has 5 rings (SSSR count). The van der Waals surface area contributed by atoms with Crippen LogP contribution in [0.2, 0.25) is 0 Å². The van der Waals surface area contributed by atoms with Crippen molar-refractivity contribution in [3.63, 3.8) is 0 Å². The Bertz CT molecular complexity index is 1130. The third-order valence-corrected chi connectivity index (χ3v) is 10.1. The van der Waals surface area contributed by atoms with Crippen molar-refractivity contribution in [2.24, 2.45) is 11.3 Å². The number of Topliss-reactive ketones (excluding diaryl/α,β-unsaturated/α-hetero) is 1. The second kappa shape index (κ2) is 8.89. The zero-order valence-electron chi connectivity index (χ0n) is 20.2. The molecule has 3 aliphatic heterocycles. The van der Waals surface area contributed by atoms with Crippen LogP contribution in [0.15, 0.2) is 24.3 Å². The van der Waals surface area contributed by atoms with Gasteiger partial charge in [-0.05, 0) is 48.9 Å². The highest BCUT2D eigenvalue weighted by molar-refractivity contribution is 7.93. The van der Waals surface area contributed by atoms with E-state index >= 15 is 0 Å². The highest BCUT2D eigenvalue weighted by atomic mass is 32.2. The van der Waals surface area contributed by atoms with Gasteiger partial charge in [0.15, 0.2) is 5.78 Å². The summed E-state index contributed by atoms with van der Waals surface area (Å²) >= 11 is 0. The van der Waals surface area contributed by atoms with E-state index in [9.17, 15) is 22.8 Å². The van der Waals surface area contributed by atoms with Crippen LogP contribution in [0.1, 0.15) is 56.3 Å². The lowest BCUT2D eigenvalue weighted by Gasteiger charge is -2.37. The Labute approximate surface area is 206 Å². The molecular formula is C25H33N3O6S. The largest absolute Gasteiger partial charge is 0.367 e. The molecule has 0 bridgehead atoms. The number of ether oxygens (including phenoxy) is 1. The van der Waals surface area contributed by atoms with Crippen molar-refractivity contribution in [1.29, 1.82) is 0 Å². The summed E-state index contributed by atoms with van der Waals surface area (Å²) in [6, 6.07) is 5.12.